The molecule has 1 saturated heterocycles. The van der Waals surface area contributed by atoms with E-state index in [4.69, 9.17) is 11.6 Å². The van der Waals surface area contributed by atoms with Gasteiger partial charge in [0.1, 0.15) is 0 Å². The van der Waals surface area contributed by atoms with E-state index < -0.39 is 0 Å². The number of hydrogen-bond acceptors (Lipinski definition) is 4. The minimum absolute atomic E-state index is 0.156. The van der Waals surface area contributed by atoms with Crippen molar-refractivity contribution in [2.75, 3.05) is 0 Å². The Morgan fingerprint density at radius 2 is 2.07 bits per heavy atom. The Bertz CT molecular complexity index is 1120. The smallest absolute Gasteiger partial charge is 0.264 e. The number of aromatic nitrogens is 2. The second kappa shape index (κ2) is 7.66. The van der Waals surface area contributed by atoms with E-state index in [-0.39, 0.29) is 5.91 Å². The van der Waals surface area contributed by atoms with Crippen LogP contribution in [0.1, 0.15) is 17.0 Å². The lowest BCUT2D eigenvalue weighted by molar-refractivity contribution is -0.115. The molecule has 1 aliphatic heterocycles. The molecule has 3 aromatic rings. The lowest BCUT2D eigenvalue weighted by Gasteiger charge is -2.08. The maximum absolute atomic E-state index is 12.4. The van der Waals surface area contributed by atoms with Gasteiger partial charge in [-0.15, -0.1) is 0 Å². The van der Waals surface area contributed by atoms with Crippen LogP contribution in [0.5, 0.6) is 0 Å². The molecule has 1 fully saturated rings. The fourth-order valence-corrected chi connectivity index (χ4v) is 4.12. The molecule has 4 rings (SSSR count). The molecule has 28 heavy (non-hydrogen) atoms. The maximum Gasteiger partial charge on any atom is 0.264 e. The van der Waals surface area contributed by atoms with E-state index in [1.54, 1.807) is 18.3 Å². The third-order valence-electron chi connectivity index (χ3n) is 4.35. The summed E-state index contributed by atoms with van der Waals surface area (Å²) in [5, 5.41) is 3.96. The Morgan fingerprint density at radius 1 is 1.21 bits per heavy atom. The third-order valence-corrected chi connectivity index (χ3v) is 5.50. The second-order valence-corrected chi connectivity index (χ2v) is 7.80. The molecule has 7 heteroatoms. The molecule has 5 nitrogen and oxygen atoms in total. The number of thioether (sulfide) groups is 1. The van der Waals surface area contributed by atoms with Gasteiger partial charge >= 0.3 is 0 Å². The fraction of sp³-hybridized carbons (Fsp3) is 0.0952. The number of amides is 1. The van der Waals surface area contributed by atoms with E-state index in [9.17, 15) is 4.79 Å². The molecule has 3 heterocycles. The first kappa shape index (κ1) is 18.5. The van der Waals surface area contributed by atoms with Crippen molar-refractivity contribution in [1.29, 1.82) is 0 Å². The van der Waals surface area contributed by atoms with Crippen LogP contribution in [0.25, 0.3) is 11.8 Å². The molecule has 0 spiro atoms. The van der Waals surface area contributed by atoms with Crippen molar-refractivity contribution in [3.05, 3.63) is 81.7 Å². The number of pyridine rings is 1. The Labute approximate surface area is 172 Å². The highest BCUT2D eigenvalue weighted by atomic mass is 35.5. The van der Waals surface area contributed by atoms with Crippen LogP contribution < -0.4 is 5.32 Å². The molecule has 0 radical (unpaired) electrons. The zero-order valence-corrected chi connectivity index (χ0v) is 16.9. The van der Waals surface area contributed by atoms with Crippen LogP contribution in [0.4, 0.5) is 5.69 Å². The van der Waals surface area contributed by atoms with Crippen molar-refractivity contribution < 1.29 is 4.79 Å². The molecule has 1 aliphatic rings. The van der Waals surface area contributed by atoms with Gasteiger partial charge in [-0.1, -0.05) is 17.7 Å². The third kappa shape index (κ3) is 3.74. The monoisotopic (exact) mass is 408 g/mol. The second-order valence-electron chi connectivity index (χ2n) is 6.33. The van der Waals surface area contributed by atoms with Crippen LogP contribution >= 0.6 is 23.4 Å². The van der Waals surface area contributed by atoms with E-state index in [0.717, 1.165) is 22.6 Å². The lowest BCUT2D eigenvalue weighted by Crippen LogP contribution is -2.19. The van der Waals surface area contributed by atoms with Crippen molar-refractivity contribution in [2.24, 2.45) is 4.99 Å². The number of rotatable bonds is 3. The summed E-state index contributed by atoms with van der Waals surface area (Å²) in [5.41, 5.74) is 4.81. The van der Waals surface area contributed by atoms with E-state index >= 15 is 0 Å². The van der Waals surface area contributed by atoms with Crippen LogP contribution in [0.2, 0.25) is 5.02 Å². The quantitative estimate of drug-likeness (QED) is 0.618. The summed E-state index contributed by atoms with van der Waals surface area (Å²) in [5.74, 6) is -0.156. The van der Waals surface area contributed by atoms with Gasteiger partial charge in [-0.05, 0) is 73.6 Å². The minimum Gasteiger partial charge on any atom is -0.316 e. The first-order valence-electron chi connectivity index (χ1n) is 8.66. The topological polar surface area (TPSA) is 59.3 Å². The molecule has 1 amide bonds. The standard InChI is InChI=1S/C21H17ClN4OS/c1-13-9-15(14(2)26(13)18-7-4-8-23-12-18)10-19-20(27)25-21(28-19)24-17-6-3-5-16(22)11-17/h3-12H,1-2H3,(H,24,25,27)/b19-10-. The number of amidine groups is 1. The molecule has 0 unspecified atom stereocenters. The van der Waals surface area contributed by atoms with Crippen LogP contribution in [-0.2, 0) is 4.79 Å². The zero-order valence-electron chi connectivity index (χ0n) is 15.3. The highest BCUT2D eigenvalue weighted by molar-refractivity contribution is 8.18. The number of benzene rings is 1. The molecular formula is C21H17ClN4OS. The van der Waals surface area contributed by atoms with Gasteiger partial charge in [0.15, 0.2) is 5.17 Å². The van der Waals surface area contributed by atoms with Crippen molar-refractivity contribution in [3.8, 4) is 5.69 Å². The predicted octanol–water partition coefficient (Wildman–Crippen LogP) is 5.03. The highest BCUT2D eigenvalue weighted by Crippen LogP contribution is 2.30. The molecular weight excluding hydrogens is 392 g/mol. The normalized spacial score (nSPS) is 16.8. The Kier molecular flexibility index (Phi) is 5.07. The molecule has 1 aromatic carbocycles. The average molecular weight is 409 g/mol. The van der Waals surface area contributed by atoms with Gasteiger partial charge in [0, 0.05) is 22.6 Å². The summed E-state index contributed by atoms with van der Waals surface area (Å²) in [6.45, 7) is 4.07. The molecule has 0 bridgehead atoms. The van der Waals surface area contributed by atoms with Gasteiger partial charge in [0.25, 0.3) is 5.91 Å². The minimum atomic E-state index is -0.156. The van der Waals surface area contributed by atoms with E-state index in [1.165, 1.54) is 11.8 Å². The number of nitrogens with one attached hydrogen (secondary N) is 1. The van der Waals surface area contributed by atoms with E-state index in [2.05, 4.69) is 25.9 Å². The van der Waals surface area contributed by atoms with Crippen LogP contribution in [0.3, 0.4) is 0 Å². The number of aryl methyl sites for hydroxylation is 1. The van der Waals surface area contributed by atoms with Gasteiger partial charge in [0.05, 0.1) is 22.5 Å². The van der Waals surface area contributed by atoms with Gasteiger partial charge in [-0.3, -0.25) is 9.78 Å². The summed E-state index contributed by atoms with van der Waals surface area (Å²) in [7, 11) is 0. The highest BCUT2D eigenvalue weighted by Gasteiger charge is 2.24. The molecule has 0 aliphatic carbocycles. The van der Waals surface area contributed by atoms with Crippen molar-refractivity contribution in [3.63, 3.8) is 0 Å². The van der Waals surface area contributed by atoms with Crippen LogP contribution in [-0.4, -0.2) is 20.6 Å². The van der Waals surface area contributed by atoms with Crippen LogP contribution in [0.15, 0.2) is 64.8 Å². The summed E-state index contributed by atoms with van der Waals surface area (Å²) in [6.07, 6.45) is 5.47. The van der Waals surface area contributed by atoms with Crippen molar-refractivity contribution in [2.45, 2.75) is 13.8 Å². The molecule has 140 valence electrons. The van der Waals surface area contributed by atoms with Crippen LogP contribution in [0, 0.1) is 13.8 Å². The maximum atomic E-state index is 12.4. The molecule has 2 aromatic heterocycles. The number of carbonyl (C=O) groups excluding carboxylic acids is 1. The SMILES string of the molecule is Cc1cc(/C=C2\SC(=Nc3cccc(Cl)c3)NC2=O)c(C)n1-c1cccnc1. The van der Waals surface area contributed by atoms with Gasteiger partial charge < -0.3 is 9.88 Å². The zero-order chi connectivity index (χ0) is 19.7. The molecule has 1 N–H and O–H groups in total. The summed E-state index contributed by atoms with van der Waals surface area (Å²) in [4.78, 5) is 21.7. The molecule has 0 saturated carbocycles. The first-order valence-corrected chi connectivity index (χ1v) is 9.85. The van der Waals surface area contributed by atoms with Crippen molar-refractivity contribution in [1.82, 2.24) is 14.9 Å². The van der Waals surface area contributed by atoms with Gasteiger partial charge in [-0.2, -0.15) is 0 Å². The summed E-state index contributed by atoms with van der Waals surface area (Å²) in [6, 6.07) is 13.2. The summed E-state index contributed by atoms with van der Waals surface area (Å²) < 4.78 is 2.12. The Balaban J connectivity index is 1.64. The average Bonchev–Trinajstić information content (AvgIpc) is 3.14. The van der Waals surface area contributed by atoms with Gasteiger partial charge in [-0.25, -0.2) is 4.99 Å². The van der Waals surface area contributed by atoms with E-state index in [1.807, 2.05) is 50.4 Å². The number of carbonyl (C=O) groups is 1. The summed E-state index contributed by atoms with van der Waals surface area (Å²) >= 11 is 7.32. The van der Waals surface area contributed by atoms with Gasteiger partial charge in [0.2, 0.25) is 0 Å². The first-order chi connectivity index (χ1) is 13.5. The largest absolute Gasteiger partial charge is 0.316 e. The predicted molar refractivity (Wildman–Crippen MR) is 115 cm³/mol. The number of aliphatic imine (C=N–C) groups is 1. The number of nitrogens with zero attached hydrogens (tertiary/aromatic N) is 3. The fourth-order valence-electron chi connectivity index (χ4n) is 3.10. The Morgan fingerprint density at radius 3 is 2.82 bits per heavy atom. The van der Waals surface area contributed by atoms with E-state index in [0.29, 0.717) is 20.8 Å². The lowest BCUT2D eigenvalue weighted by atomic mass is 10.2. The Hall–Kier alpha value is -2.83. The van der Waals surface area contributed by atoms with Crippen molar-refractivity contribution >= 4 is 46.2 Å². The molecule has 0 atom stereocenters. The number of hydrogen-bond donors (Lipinski definition) is 1. The number of halogens is 1.